The van der Waals surface area contributed by atoms with Crippen molar-refractivity contribution in [3.05, 3.63) is 48.0 Å². The van der Waals surface area contributed by atoms with Crippen LogP contribution in [0.4, 0.5) is 5.69 Å². The van der Waals surface area contributed by atoms with E-state index in [1.165, 1.54) is 12.3 Å². The Bertz CT molecular complexity index is 882. The lowest BCUT2D eigenvalue weighted by atomic mass is 10.2. The zero-order valence-electron chi connectivity index (χ0n) is 14.7. The summed E-state index contributed by atoms with van der Waals surface area (Å²) in [6, 6.07) is 11.5. The molecule has 1 aliphatic heterocycles. The maximum Gasteiger partial charge on any atom is 0.339 e. The second kappa shape index (κ2) is 8.68. The van der Waals surface area contributed by atoms with Gasteiger partial charge in [0.25, 0.3) is 5.91 Å². The Morgan fingerprint density at radius 2 is 1.85 bits per heavy atom. The summed E-state index contributed by atoms with van der Waals surface area (Å²) in [4.78, 5) is 24.6. The van der Waals surface area contributed by atoms with Crippen LogP contribution < -0.4 is 14.8 Å². The fourth-order valence-electron chi connectivity index (χ4n) is 2.53. The molecule has 27 heavy (non-hydrogen) atoms. The molecule has 0 bridgehead atoms. The Labute approximate surface area is 159 Å². The normalized spacial score (nSPS) is 14.0. The van der Waals surface area contributed by atoms with Gasteiger partial charge >= 0.3 is 5.97 Å². The van der Waals surface area contributed by atoms with Crippen LogP contribution in [-0.2, 0) is 20.3 Å². The van der Waals surface area contributed by atoms with Crippen LogP contribution in [-0.4, -0.2) is 42.2 Å². The van der Waals surface area contributed by atoms with Gasteiger partial charge in [-0.1, -0.05) is 12.1 Å². The lowest BCUT2D eigenvalue weighted by Gasteiger charge is -2.11. The Balaban J connectivity index is 1.59. The molecule has 1 heterocycles. The van der Waals surface area contributed by atoms with E-state index in [2.05, 4.69) is 5.32 Å². The molecule has 0 unspecified atom stereocenters. The number of hydrogen-bond acceptors (Lipinski definition) is 6. The summed E-state index contributed by atoms with van der Waals surface area (Å²) in [5.41, 5.74) is 0.692. The van der Waals surface area contributed by atoms with E-state index in [9.17, 15) is 13.8 Å². The molecule has 2 aromatic carbocycles. The highest BCUT2D eigenvalue weighted by atomic mass is 32.2. The highest BCUT2D eigenvalue weighted by Gasteiger charge is 2.17. The van der Waals surface area contributed by atoms with Crippen molar-refractivity contribution in [1.82, 2.24) is 0 Å². The number of hydrogen-bond donors (Lipinski definition) is 1. The lowest BCUT2D eigenvalue weighted by Crippen LogP contribution is -2.21. The molecule has 7 nitrogen and oxygen atoms in total. The number of benzene rings is 2. The van der Waals surface area contributed by atoms with Gasteiger partial charge in [-0.3, -0.25) is 9.00 Å². The van der Waals surface area contributed by atoms with Crippen LogP contribution in [0.5, 0.6) is 11.5 Å². The van der Waals surface area contributed by atoms with Crippen LogP contribution in [0.25, 0.3) is 0 Å². The second-order valence-electron chi connectivity index (χ2n) is 5.79. The van der Waals surface area contributed by atoms with Crippen molar-refractivity contribution >= 4 is 28.4 Å². The van der Waals surface area contributed by atoms with Crippen molar-refractivity contribution in [2.24, 2.45) is 0 Å². The van der Waals surface area contributed by atoms with E-state index in [0.717, 1.165) is 6.42 Å². The number of esters is 1. The first-order valence-corrected chi connectivity index (χ1v) is 9.89. The standard InChI is InChI=1S/C19H19NO6S/c1-27(23)17-6-3-2-5-14(17)19(22)26-12-18(21)20-13-7-8-15-16(11-13)25-10-4-9-24-15/h2-3,5-8,11H,4,9-10,12H2,1H3,(H,20,21)/t27-/m0/s1. The first kappa shape index (κ1) is 18.9. The first-order chi connectivity index (χ1) is 13.0. The van der Waals surface area contributed by atoms with E-state index >= 15 is 0 Å². The SMILES string of the molecule is C[S@](=O)c1ccccc1C(=O)OCC(=O)Nc1ccc2c(c1)OCCCO2. The number of anilines is 1. The van der Waals surface area contributed by atoms with Gasteiger partial charge in [-0.25, -0.2) is 4.79 Å². The molecule has 8 heteroatoms. The first-order valence-electron chi connectivity index (χ1n) is 8.33. The van der Waals surface area contributed by atoms with Gasteiger partial charge in [-0.05, 0) is 24.3 Å². The molecule has 3 rings (SSSR count). The summed E-state index contributed by atoms with van der Waals surface area (Å²) >= 11 is 0. The van der Waals surface area contributed by atoms with Crippen LogP contribution in [0, 0.1) is 0 Å². The van der Waals surface area contributed by atoms with Gasteiger partial charge in [0.15, 0.2) is 18.1 Å². The number of rotatable bonds is 5. The van der Waals surface area contributed by atoms with Crippen molar-refractivity contribution in [3.63, 3.8) is 0 Å². The molecule has 142 valence electrons. The van der Waals surface area contributed by atoms with E-state index in [-0.39, 0.29) is 5.56 Å². The third kappa shape index (κ3) is 4.85. The number of fused-ring (bicyclic) bond motifs is 1. The molecule has 1 N–H and O–H groups in total. The van der Waals surface area contributed by atoms with Crippen molar-refractivity contribution in [2.45, 2.75) is 11.3 Å². The molecule has 1 atom stereocenters. The minimum atomic E-state index is -1.34. The summed E-state index contributed by atoms with van der Waals surface area (Å²) in [5, 5.41) is 2.64. The third-order valence-corrected chi connectivity index (χ3v) is 4.76. The molecular formula is C19H19NO6S. The van der Waals surface area contributed by atoms with Crippen LogP contribution in [0.2, 0.25) is 0 Å². The molecule has 0 spiro atoms. The van der Waals surface area contributed by atoms with Gasteiger partial charge in [0.05, 0.1) is 34.5 Å². The molecule has 0 saturated heterocycles. The summed E-state index contributed by atoms with van der Waals surface area (Å²) in [6.45, 7) is 0.664. The maximum absolute atomic E-state index is 12.2. The van der Waals surface area contributed by atoms with E-state index < -0.39 is 29.3 Å². The fourth-order valence-corrected chi connectivity index (χ4v) is 3.26. The fraction of sp³-hybridized carbons (Fsp3) is 0.263. The second-order valence-corrected chi connectivity index (χ2v) is 7.13. The third-order valence-electron chi connectivity index (χ3n) is 3.78. The topological polar surface area (TPSA) is 90.9 Å². The molecule has 0 aliphatic carbocycles. The van der Waals surface area contributed by atoms with Crippen molar-refractivity contribution in [1.29, 1.82) is 0 Å². The van der Waals surface area contributed by atoms with Gasteiger partial charge < -0.3 is 19.5 Å². The zero-order chi connectivity index (χ0) is 19.2. The van der Waals surface area contributed by atoms with Gasteiger partial charge in [-0.2, -0.15) is 0 Å². The Kier molecular flexibility index (Phi) is 6.08. The average Bonchev–Trinajstić information content (AvgIpc) is 2.91. The van der Waals surface area contributed by atoms with Gasteiger partial charge in [0, 0.05) is 24.4 Å². The van der Waals surface area contributed by atoms with E-state index in [4.69, 9.17) is 14.2 Å². The minimum Gasteiger partial charge on any atom is -0.490 e. The average molecular weight is 389 g/mol. The molecule has 0 radical (unpaired) electrons. The largest absolute Gasteiger partial charge is 0.490 e. The molecule has 2 aromatic rings. The predicted molar refractivity (Wildman–Crippen MR) is 99.7 cm³/mol. The van der Waals surface area contributed by atoms with E-state index in [1.54, 1.807) is 36.4 Å². The smallest absolute Gasteiger partial charge is 0.339 e. The highest BCUT2D eigenvalue weighted by Crippen LogP contribution is 2.32. The molecule has 1 aliphatic rings. The van der Waals surface area contributed by atoms with Gasteiger partial charge in [0.1, 0.15) is 0 Å². The van der Waals surface area contributed by atoms with E-state index in [0.29, 0.717) is 35.3 Å². The quantitative estimate of drug-likeness (QED) is 0.790. The Morgan fingerprint density at radius 3 is 2.63 bits per heavy atom. The monoisotopic (exact) mass is 389 g/mol. The van der Waals surface area contributed by atoms with Crippen LogP contribution >= 0.6 is 0 Å². The molecular weight excluding hydrogens is 370 g/mol. The summed E-state index contributed by atoms with van der Waals surface area (Å²) in [6.07, 6.45) is 2.26. The number of carbonyl (C=O) groups excluding carboxylic acids is 2. The number of carbonyl (C=O) groups is 2. The van der Waals surface area contributed by atoms with Crippen LogP contribution in [0.15, 0.2) is 47.4 Å². The summed E-state index contributed by atoms with van der Waals surface area (Å²) < 4.78 is 27.8. The number of amides is 1. The maximum atomic E-state index is 12.2. The van der Waals surface area contributed by atoms with Crippen LogP contribution in [0.1, 0.15) is 16.8 Å². The molecule has 1 amide bonds. The Morgan fingerprint density at radius 1 is 1.11 bits per heavy atom. The predicted octanol–water partition coefficient (Wildman–Crippen LogP) is 2.38. The number of nitrogens with one attached hydrogen (secondary N) is 1. The summed E-state index contributed by atoms with van der Waals surface area (Å²) in [7, 11) is -1.34. The number of ether oxygens (including phenoxy) is 3. The zero-order valence-corrected chi connectivity index (χ0v) is 15.5. The summed E-state index contributed by atoms with van der Waals surface area (Å²) in [5.74, 6) is -0.00898. The van der Waals surface area contributed by atoms with Crippen molar-refractivity contribution < 1.29 is 28.0 Å². The lowest BCUT2D eigenvalue weighted by molar-refractivity contribution is -0.119. The van der Waals surface area contributed by atoms with Crippen molar-refractivity contribution in [3.8, 4) is 11.5 Å². The molecule has 0 saturated carbocycles. The van der Waals surface area contributed by atoms with Gasteiger partial charge in [0.2, 0.25) is 0 Å². The van der Waals surface area contributed by atoms with E-state index in [1.807, 2.05) is 0 Å². The van der Waals surface area contributed by atoms with Crippen molar-refractivity contribution in [2.75, 3.05) is 31.4 Å². The van der Waals surface area contributed by atoms with Crippen LogP contribution in [0.3, 0.4) is 0 Å². The Hall–Kier alpha value is -2.87. The molecule has 0 aromatic heterocycles. The minimum absolute atomic E-state index is 0.182. The highest BCUT2D eigenvalue weighted by molar-refractivity contribution is 7.84. The van der Waals surface area contributed by atoms with Gasteiger partial charge in [-0.15, -0.1) is 0 Å². The molecule has 0 fully saturated rings.